The topological polar surface area (TPSA) is 40.1 Å². The summed E-state index contributed by atoms with van der Waals surface area (Å²) in [6.45, 7) is 3.71. The number of aliphatic carboxylic acids is 1. The zero-order valence-electron chi connectivity index (χ0n) is 8.16. The fourth-order valence-electron chi connectivity index (χ4n) is 1.46. The Morgan fingerprint density at radius 1 is 1.29 bits per heavy atom. The highest BCUT2D eigenvalue weighted by Crippen LogP contribution is 2.24. The van der Waals surface area contributed by atoms with Gasteiger partial charge in [-0.25, -0.2) is 0 Å². The van der Waals surface area contributed by atoms with Gasteiger partial charge in [-0.2, -0.15) is 0 Å². The quantitative estimate of drug-likeness (QED) is 0.766. The summed E-state index contributed by atoms with van der Waals surface area (Å²) >= 11 is 5.71. The molecular weight excluding hydrogens is 200 g/mol. The molecule has 0 saturated carbocycles. The first kappa shape index (κ1) is 11.1. The molecule has 0 N–H and O–H groups in total. The molecule has 0 aliphatic carbocycles. The van der Waals surface area contributed by atoms with Gasteiger partial charge in [0.1, 0.15) is 0 Å². The van der Waals surface area contributed by atoms with Crippen molar-refractivity contribution in [2.24, 2.45) is 5.92 Å². The Bertz CT molecular complexity index is 317. The van der Waals surface area contributed by atoms with Gasteiger partial charge in [-0.15, -0.1) is 0 Å². The first-order chi connectivity index (χ1) is 6.52. The first-order valence-electron chi connectivity index (χ1n) is 4.48. The second-order valence-corrected chi connectivity index (χ2v) is 4.03. The van der Waals surface area contributed by atoms with Crippen molar-refractivity contribution in [2.75, 3.05) is 0 Å². The fraction of sp³-hybridized carbons (Fsp3) is 0.364. The summed E-state index contributed by atoms with van der Waals surface area (Å²) in [5.41, 5.74) is 0.740. The van der Waals surface area contributed by atoms with Gasteiger partial charge < -0.3 is 9.90 Å². The van der Waals surface area contributed by atoms with Crippen LogP contribution in [-0.2, 0) is 4.79 Å². The molecule has 0 saturated heterocycles. The van der Waals surface area contributed by atoms with Crippen molar-refractivity contribution in [2.45, 2.75) is 19.8 Å². The van der Waals surface area contributed by atoms with E-state index in [0.717, 1.165) is 5.56 Å². The normalized spacial score (nSPS) is 12.9. The maximum atomic E-state index is 10.9. The second-order valence-electron chi connectivity index (χ2n) is 3.59. The van der Waals surface area contributed by atoms with Crippen LogP contribution in [0.1, 0.15) is 25.3 Å². The van der Waals surface area contributed by atoms with Crippen molar-refractivity contribution in [1.82, 2.24) is 0 Å². The van der Waals surface area contributed by atoms with Gasteiger partial charge >= 0.3 is 0 Å². The van der Waals surface area contributed by atoms with Crippen LogP contribution in [0.5, 0.6) is 0 Å². The number of halogens is 1. The Balaban J connectivity index is 3.00. The van der Waals surface area contributed by atoms with E-state index in [-0.39, 0.29) is 5.92 Å². The van der Waals surface area contributed by atoms with Crippen molar-refractivity contribution in [3.63, 3.8) is 0 Å². The van der Waals surface area contributed by atoms with Gasteiger partial charge in [0.25, 0.3) is 0 Å². The van der Waals surface area contributed by atoms with Gasteiger partial charge in [0, 0.05) is 16.9 Å². The van der Waals surface area contributed by atoms with Crippen LogP contribution in [0.3, 0.4) is 0 Å². The molecule has 1 atom stereocenters. The van der Waals surface area contributed by atoms with E-state index in [4.69, 9.17) is 11.6 Å². The molecule has 2 nitrogen and oxygen atoms in total. The molecule has 76 valence electrons. The summed E-state index contributed by atoms with van der Waals surface area (Å²) in [5.74, 6) is -1.59. The second kappa shape index (κ2) is 4.47. The van der Waals surface area contributed by atoms with Gasteiger partial charge in [-0.1, -0.05) is 37.6 Å². The molecular formula is C11H12ClO2-. The Morgan fingerprint density at radius 3 is 2.14 bits per heavy atom. The first-order valence-corrected chi connectivity index (χ1v) is 4.86. The van der Waals surface area contributed by atoms with Gasteiger partial charge in [-0.3, -0.25) is 0 Å². The van der Waals surface area contributed by atoms with Crippen LogP contribution in [0.25, 0.3) is 0 Å². The van der Waals surface area contributed by atoms with E-state index in [0.29, 0.717) is 5.02 Å². The number of carboxylic acids is 1. The molecule has 0 aliphatic rings. The lowest BCUT2D eigenvalue weighted by molar-refractivity contribution is -0.309. The maximum absolute atomic E-state index is 10.9. The molecule has 14 heavy (non-hydrogen) atoms. The molecule has 0 radical (unpaired) electrons. The van der Waals surface area contributed by atoms with Crippen molar-refractivity contribution in [1.29, 1.82) is 0 Å². The van der Waals surface area contributed by atoms with E-state index < -0.39 is 11.9 Å². The van der Waals surface area contributed by atoms with E-state index >= 15 is 0 Å². The number of carbonyl (C=O) groups is 1. The number of rotatable bonds is 3. The molecule has 0 amide bonds. The average molecular weight is 212 g/mol. The third-order valence-corrected chi connectivity index (χ3v) is 2.40. The monoisotopic (exact) mass is 211 g/mol. The van der Waals surface area contributed by atoms with E-state index in [1.54, 1.807) is 24.3 Å². The molecule has 0 bridgehead atoms. The smallest absolute Gasteiger partial charge is 0.0491 e. The van der Waals surface area contributed by atoms with Crippen LogP contribution in [0, 0.1) is 5.92 Å². The molecule has 0 aliphatic heterocycles. The average Bonchev–Trinajstić information content (AvgIpc) is 2.07. The Labute approximate surface area is 88.5 Å². The lowest BCUT2D eigenvalue weighted by Gasteiger charge is -2.22. The summed E-state index contributed by atoms with van der Waals surface area (Å²) in [4.78, 5) is 10.9. The molecule has 0 aromatic heterocycles. The number of carboxylic acid groups (broad SMARTS) is 1. The third kappa shape index (κ3) is 2.48. The summed E-state index contributed by atoms with van der Waals surface area (Å²) in [6, 6.07) is 6.83. The van der Waals surface area contributed by atoms with Gasteiger partial charge in [0.2, 0.25) is 0 Å². The molecule has 0 spiro atoms. The minimum Gasteiger partial charge on any atom is -0.549 e. The van der Waals surface area contributed by atoms with Gasteiger partial charge in [0.15, 0.2) is 0 Å². The van der Waals surface area contributed by atoms with Gasteiger partial charge in [0.05, 0.1) is 0 Å². The number of benzene rings is 1. The van der Waals surface area contributed by atoms with E-state index in [2.05, 4.69) is 0 Å². The largest absolute Gasteiger partial charge is 0.549 e. The fourth-order valence-corrected chi connectivity index (χ4v) is 1.59. The van der Waals surface area contributed by atoms with Crippen LogP contribution >= 0.6 is 11.6 Å². The highest BCUT2D eigenvalue weighted by molar-refractivity contribution is 6.30. The number of hydrogen-bond donors (Lipinski definition) is 0. The third-order valence-electron chi connectivity index (χ3n) is 2.15. The highest BCUT2D eigenvalue weighted by Gasteiger charge is 2.16. The molecule has 0 fully saturated rings. The minimum atomic E-state index is -1.04. The van der Waals surface area contributed by atoms with Crippen molar-refractivity contribution < 1.29 is 9.90 Å². The summed E-state index contributed by atoms with van der Waals surface area (Å²) in [6.07, 6.45) is 0. The number of hydrogen-bond acceptors (Lipinski definition) is 2. The van der Waals surface area contributed by atoms with Crippen molar-refractivity contribution in [3.05, 3.63) is 34.9 Å². The zero-order chi connectivity index (χ0) is 10.7. The van der Waals surface area contributed by atoms with Crippen LogP contribution in [-0.4, -0.2) is 5.97 Å². The zero-order valence-corrected chi connectivity index (χ0v) is 8.91. The SMILES string of the molecule is CC(C)C(C(=O)[O-])c1ccc(Cl)cc1. The van der Waals surface area contributed by atoms with Crippen LogP contribution in [0.15, 0.2) is 24.3 Å². The summed E-state index contributed by atoms with van der Waals surface area (Å²) in [7, 11) is 0. The van der Waals surface area contributed by atoms with Crippen molar-refractivity contribution >= 4 is 17.6 Å². The minimum absolute atomic E-state index is 0.0150. The standard InChI is InChI=1S/C11H13ClO2/c1-7(2)10(11(13)14)8-3-5-9(12)6-4-8/h3-7,10H,1-2H3,(H,13,14)/p-1. The summed E-state index contributed by atoms with van der Waals surface area (Å²) < 4.78 is 0. The van der Waals surface area contributed by atoms with Crippen LogP contribution in [0.4, 0.5) is 0 Å². The van der Waals surface area contributed by atoms with Gasteiger partial charge in [-0.05, 0) is 23.6 Å². The van der Waals surface area contributed by atoms with Crippen LogP contribution < -0.4 is 5.11 Å². The molecule has 1 unspecified atom stereocenters. The Morgan fingerprint density at radius 2 is 1.79 bits per heavy atom. The van der Waals surface area contributed by atoms with E-state index in [1.165, 1.54) is 0 Å². The van der Waals surface area contributed by atoms with E-state index in [1.807, 2.05) is 13.8 Å². The molecule has 1 aromatic carbocycles. The molecule has 3 heteroatoms. The Hall–Kier alpha value is -1.02. The Kier molecular flexibility index (Phi) is 3.53. The highest BCUT2D eigenvalue weighted by atomic mass is 35.5. The van der Waals surface area contributed by atoms with E-state index in [9.17, 15) is 9.90 Å². The molecule has 1 rings (SSSR count). The maximum Gasteiger partial charge on any atom is 0.0491 e. The summed E-state index contributed by atoms with van der Waals surface area (Å²) in [5, 5.41) is 11.5. The lowest BCUT2D eigenvalue weighted by atomic mass is 9.89. The molecule has 0 heterocycles. The predicted molar refractivity (Wildman–Crippen MR) is 54.0 cm³/mol. The number of carbonyl (C=O) groups excluding carboxylic acids is 1. The predicted octanol–water partition coefficient (Wildman–Crippen LogP) is 1.83. The lowest BCUT2D eigenvalue weighted by Crippen LogP contribution is -2.32. The molecule has 1 aromatic rings. The van der Waals surface area contributed by atoms with Crippen LogP contribution in [0.2, 0.25) is 5.02 Å². The van der Waals surface area contributed by atoms with Crippen molar-refractivity contribution in [3.8, 4) is 0 Å².